The van der Waals surface area contributed by atoms with E-state index >= 15 is 0 Å². The first-order valence-electron chi connectivity index (χ1n) is 6.62. The summed E-state index contributed by atoms with van der Waals surface area (Å²) in [5.41, 5.74) is 1.31. The highest BCUT2D eigenvalue weighted by atomic mass is 15.1. The molecule has 1 heterocycles. The van der Waals surface area contributed by atoms with E-state index in [1.807, 2.05) is 12.5 Å². The number of hydrogen-bond donors (Lipinski definition) is 1. The molecule has 1 aromatic heterocycles. The van der Waals surface area contributed by atoms with Crippen LogP contribution in [0.1, 0.15) is 51.1 Å². The van der Waals surface area contributed by atoms with Crippen molar-refractivity contribution in [1.29, 1.82) is 0 Å². The maximum Gasteiger partial charge on any atom is 0.0948 e. The number of nitrogens with one attached hydrogen (secondary N) is 1. The van der Waals surface area contributed by atoms with Crippen LogP contribution in [0.4, 0.5) is 0 Å². The first-order valence-corrected chi connectivity index (χ1v) is 6.62. The van der Waals surface area contributed by atoms with Gasteiger partial charge in [0.2, 0.25) is 0 Å². The summed E-state index contributed by atoms with van der Waals surface area (Å²) in [5.74, 6) is 0. The minimum atomic E-state index is 0.725. The summed E-state index contributed by atoms with van der Waals surface area (Å²) < 4.78 is 2.21. The van der Waals surface area contributed by atoms with E-state index in [-0.39, 0.29) is 0 Å². The summed E-state index contributed by atoms with van der Waals surface area (Å²) >= 11 is 0. The van der Waals surface area contributed by atoms with Crippen molar-refractivity contribution in [2.24, 2.45) is 0 Å². The van der Waals surface area contributed by atoms with Crippen LogP contribution < -0.4 is 5.32 Å². The number of hydrogen-bond acceptors (Lipinski definition) is 2. The molecule has 16 heavy (non-hydrogen) atoms. The van der Waals surface area contributed by atoms with Crippen molar-refractivity contribution in [3.8, 4) is 0 Å². The summed E-state index contributed by atoms with van der Waals surface area (Å²) in [4.78, 5) is 4.20. The molecule has 3 heteroatoms. The van der Waals surface area contributed by atoms with Crippen LogP contribution in [0, 0.1) is 0 Å². The Balaban J connectivity index is 1.81. The highest BCUT2D eigenvalue weighted by Crippen LogP contribution is 2.17. The van der Waals surface area contributed by atoms with Gasteiger partial charge in [0, 0.05) is 25.3 Å². The van der Waals surface area contributed by atoms with Gasteiger partial charge in [-0.2, -0.15) is 0 Å². The molecule has 0 atom stereocenters. The van der Waals surface area contributed by atoms with Crippen molar-refractivity contribution in [3.63, 3.8) is 0 Å². The Morgan fingerprint density at radius 1 is 1.31 bits per heavy atom. The Kier molecular flexibility index (Phi) is 4.40. The largest absolute Gasteiger partial charge is 0.334 e. The Hall–Kier alpha value is -0.830. The molecule has 0 aromatic carbocycles. The molecule has 0 radical (unpaired) electrons. The fraction of sp³-hybridized carbons (Fsp3) is 0.769. The van der Waals surface area contributed by atoms with Crippen LogP contribution in [0.25, 0.3) is 0 Å². The molecular weight excluding hydrogens is 198 g/mol. The monoisotopic (exact) mass is 221 g/mol. The lowest BCUT2D eigenvalue weighted by Crippen LogP contribution is -2.28. The molecule has 0 bridgehead atoms. The lowest BCUT2D eigenvalue weighted by atomic mass is 10.1. The molecule has 1 aliphatic carbocycles. The quantitative estimate of drug-likeness (QED) is 0.792. The minimum absolute atomic E-state index is 0.725. The first-order chi connectivity index (χ1) is 7.90. The average Bonchev–Trinajstić information content (AvgIpc) is 2.60. The minimum Gasteiger partial charge on any atom is -0.334 e. The van der Waals surface area contributed by atoms with E-state index in [9.17, 15) is 0 Å². The predicted octanol–water partition coefficient (Wildman–Crippen LogP) is 2.72. The summed E-state index contributed by atoms with van der Waals surface area (Å²) in [6.45, 7) is 4.15. The number of rotatable bonds is 4. The van der Waals surface area contributed by atoms with Crippen LogP contribution in [0.5, 0.6) is 0 Å². The highest BCUT2D eigenvalue weighted by molar-refractivity contribution is 4.98. The van der Waals surface area contributed by atoms with Crippen molar-refractivity contribution in [2.45, 2.75) is 64.6 Å². The molecule has 1 fully saturated rings. The van der Waals surface area contributed by atoms with Crippen LogP contribution in [0.2, 0.25) is 0 Å². The summed E-state index contributed by atoms with van der Waals surface area (Å²) in [6, 6.07) is 0.725. The van der Waals surface area contributed by atoms with Crippen LogP contribution >= 0.6 is 0 Å². The van der Waals surface area contributed by atoms with Gasteiger partial charge in [-0.1, -0.05) is 25.7 Å². The lowest BCUT2D eigenvalue weighted by Gasteiger charge is -2.16. The molecule has 1 aliphatic rings. The second kappa shape index (κ2) is 6.04. The lowest BCUT2D eigenvalue weighted by molar-refractivity contribution is 0.450. The molecule has 0 amide bonds. The molecule has 0 saturated heterocycles. The average molecular weight is 221 g/mol. The zero-order valence-corrected chi connectivity index (χ0v) is 10.3. The van der Waals surface area contributed by atoms with Gasteiger partial charge in [0.25, 0.3) is 0 Å². The van der Waals surface area contributed by atoms with Gasteiger partial charge in [-0.15, -0.1) is 0 Å². The van der Waals surface area contributed by atoms with Gasteiger partial charge in [0.1, 0.15) is 0 Å². The topological polar surface area (TPSA) is 29.9 Å². The predicted molar refractivity (Wildman–Crippen MR) is 66.2 cm³/mol. The molecule has 1 saturated carbocycles. The standard InChI is InChI=1S/C13H23N3/c1-2-16-11-14-9-13(16)10-15-12-7-5-3-4-6-8-12/h9,11-12,15H,2-8,10H2,1H3. The van der Waals surface area contributed by atoms with Crippen molar-refractivity contribution < 1.29 is 0 Å². The van der Waals surface area contributed by atoms with E-state index in [1.165, 1.54) is 44.2 Å². The van der Waals surface area contributed by atoms with E-state index in [4.69, 9.17) is 0 Å². The second-order valence-electron chi connectivity index (χ2n) is 4.74. The van der Waals surface area contributed by atoms with Crippen molar-refractivity contribution in [1.82, 2.24) is 14.9 Å². The van der Waals surface area contributed by atoms with Crippen LogP contribution in [-0.2, 0) is 13.1 Å². The van der Waals surface area contributed by atoms with E-state index in [0.717, 1.165) is 19.1 Å². The fourth-order valence-corrected chi connectivity index (χ4v) is 2.51. The van der Waals surface area contributed by atoms with E-state index in [1.54, 1.807) is 0 Å². The van der Waals surface area contributed by atoms with Crippen LogP contribution in [0.3, 0.4) is 0 Å². The second-order valence-corrected chi connectivity index (χ2v) is 4.74. The van der Waals surface area contributed by atoms with Gasteiger partial charge in [0.05, 0.1) is 12.0 Å². The van der Waals surface area contributed by atoms with Gasteiger partial charge in [0.15, 0.2) is 0 Å². The smallest absolute Gasteiger partial charge is 0.0948 e. The van der Waals surface area contributed by atoms with Gasteiger partial charge in [-0.25, -0.2) is 4.98 Å². The summed E-state index contributed by atoms with van der Waals surface area (Å²) in [7, 11) is 0. The molecule has 0 spiro atoms. The molecular formula is C13H23N3. The van der Waals surface area contributed by atoms with Gasteiger partial charge < -0.3 is 9.88 Å². The van der Waals surface area contributed by atoms with Crippen LogP contribution in [0.15, 0.2) is 12.5 Å². The molecule has 3 nitrogen and oxygen atoms in total. The van der Waals surface area contributed by atoms with Gasteiger partial charge in [-0.3, -0.25) is 0 Å². The normalized spacial score (nSPS) is 18.6. The molecule has 0 unspecified atom stereocenters. The molecule has 90 valence electrons. The van der Waals surface area contributed by atoms with Crippen molar-refractivity contribution in [2.75, 3.05) is 0 Å². The molecule has 2 rings (SSSR count). The third-order valence-corrected chi connectivity index (χ3v) is 3.57. The highest BCUT2D eigenvalue weighted by Gasteiger charge is 2.11. The molecule has 1 aromatic rings. The fourth-order valence-electron chi connectivity index (χ4n) is 2.51. The maximum atomic E-state index is 4.20. The Bertz CT molecular complexity index is 298. The Morgan fingerprint density at radius 3 is 2.75 bits per heavy atom. The number of aryl methyl sites for hydroxylation is 1. The molecule has 1 N–H and O–H groups in total. The van der Waals surface area contributed by atoms with Crippen molar-refractivity contribution in [3.05, 3.63) is 18.2 Å². The third-order valence-electron chi connectivity index (χ3n) is 3.57. The first kappa shape index (κ1) is 11.6. The van der Waals surface area contributed by atoms with E-state index < -0.39 is 0 Å². The number of aromatic nitrogens is 2. The zero-order valence-electron chi connectivity index (χ0n) is 10.3. The number of nitrogens with zero attached hydrogens (tertiary/aromatic N) is 2. The van der Waals surface area contributed by atoms with E-state index in [2.05, 4.69) is 21.8 Å². The van der Waals surface area contributed by atoms with Crippen molar-refractivity contribution >= 4 is 0 Å². The summed E-state index contributed by atoms with van der Waals surface area (Å²) in [6.07, 6.45) is 12.2. The molecule has 0 aliphatic heterocycles. The van der Waals surface area contributed by atoms with Gasteiger partial charge >= 0.3 is 0 Å². The zero-order chi connectivity index (χ0) is 11.2. The Morgan fingerprint density at radius 2 is 2.06 bits per heavy atom. The SMILES string of the molecule is CCn1cncc1CNC1CCCCCC1. The maximum absolute atomic E-state index is 4.20. The number of imidazole rings is 1. The van der Waals surface area contributed by atoms with E-state index in [0.29, 0.717) is 0 Å². The summed E-state index contributed by atoms with van der Waals surface area (Å²) in [5, 5.41) is 3.68. The third kappa shape index (κ3) is 3.08. The van der Waals surface area contributed by atoms with Crippen LogP contribution in [-0.4, -0.2) is 15.6 Å². The Labute approximate surface area is 98.3 Å². The van der Waals surface area contributed by atoms with Gasteiger partial charge in [-0.05, 0) is 19.8 Å².